The van der Waals surface area contributed by atoms with Gasteiger partial charge in [-0.1, -0.05) is 0 Å². The number of rotatable bonds is 2. The predicted octanol–water partition coefficient (Wildman–Crippen LogP) is 1.15. The highest BCUT2D eigenvalue weighted by Gasteiger charge is 2.02. The molecule has 0 saturated heterocycles. The largest absolute Gasteiger partial charge is 0.352 e. The van der Waals surface area contributed by atoms with Crippen molar-refractivity contribution in [3.05, 3.63) is 45.7 Å². The average molecular weight is 201 g/mol. The van der Waals surface area contributed by atoms with E-state index in [-0.39, 0.29) is 11.1 Å². The zero-order chi connectivity index (χ0) is 10.8. The van der Waals surface area contributed by atoms with Crippen LogP contribution < -0.4 is 5.43 Å². The van der Waals surface area contributed by atoms with Gasteiger partial charge in [-0.2, -0.15) is 0 Å². The van der Waals surface area contributed by atoms with Crippen molar-refractivity contribution in [2.24, 2.45) is 0 Å². The molecule has 0 spiro atoms. The molecule has 2 aromatic rings. The normalized spacial score (nSPS) is 10.1. The lowest BCUT2D eigenvalue weighted by molar-refractivity contribution is 0.111. The molecule has 0 aliphatic heterocycles. The molecular weight excluding hydrogens is 194 g/mol. The van der Waals surface area contributed by atoms with E-state index in [0.29, 0.717) is 29.0 Å². The number of aromatic amines is 1. The highest BCUT2D eigenvalue weighted by atomic mass is 16.1. The van der Waals surface area contributed by atoms with E-state index < -0.39 is 0 Å². The fourth-order valence-corrected chi connectivity index (χ4v) is 1.42. The zero-order valence-electron chi connectivity index (χ0n) is 7.69. The Morgan fingerprint density at radius 2 is 1.87 bits per heavy atom. The molecule has 74 valence electrons. The molecule has 4 nitrogen and oxygen atoms in total. The molecule has 1 aromatic heterocycles. The summed E-state index contributed by atoms with van der Waals surface area (Å²) in [7, 11) is 0. The van der Waals surface area contributed by atoms with Gasteiger partial charge in [-0.05, 0) is 18.2 Å². The van der Waals surface area contributed by atoms with Gasteiger partial charge in [0.1, 0.15) is 6.29 Å². The molecule has 0 atom stereocenters. The minimum atomic E-state index is -0.269. The van der Waals surface area contributed by atoms with Crippen LogP contribution in [0.3, 0.4) is 0 Å². The summed E-state index contributed by atoms with van der Waals surface area (Å²) in [5, 5.41) is 0.408. The lowest BCUT2D eigenvalue weighted by Crippen LogP contribution is -2.04. The van der Waals surface area contributed by atoms with Gasteiger partial charge in [0.15, 0.2) is 11.7 Å². The minimum Gasteiger partial charge on any atom is -0.352 e. The third kappa shape index (κ3) is 1.57. The summed E-state index contributed by atoms with van der Waals surface area (Å²) in [4.78, 5) is 35.3. The van der Waals surface area contributed by atoms with Gasteiger partial charge in [-0.15, -0.1) is 0 Å². The van der Waals surface area contributed by atoms with Crippen LogP contribution in [0.4, 0.5) is 0 Å². The number of nitrogens with one attached hydrogen (secondary N) is 1. The highest BCUT2D eigenvalue weighted by Crippen LogP contribution is 2.09. The quantitative estimate of drug-likeness (QED) is 0.741. The molecule has 0 aliphatic rings. The fraction of sp³-hybridized carbons (Fsp3) is 0. The molecule has 0 fully saturated rings. The van der Waals surface area contributed by atoms with Gasteiger partial charge in [-0.25, -0.2) is 0 Å². The van der Waals surface area contributed by atoms with Gasteiger partial charge >= 0.3 is 0 Å². The Morgan fingerprint density at radius 1 is 1.07 bits per heavy atom. The summed E-state index contributed by atoms with van der Waals surface area (Å²) in [6.45, 7) is 0. The van der Waals surface area contributed by atoms with Crippen LogP contribution >= 0.6 is 0 Å². The molecule has 0 amide bonds. The van der Waals surface area contributed by atoms with E-state index in [1.165, 1.54) is 12.1 Å². The molecule has 1 heterocycles. The van der Waals surface area contributed by atoms with Crippen molar-refractivity contribution < 1.29 is 9.59 Å². The average Bonchev–Trinajstić information content (AvgIpc) is 2.28. The monoisotopic (exact) mass is 201 g/mol. The number of hydrogen-bond acceptors (Lipinski definition) is 3. The highest BCUT2D eigenvalue weighted by molar-refractivity contribution is 5.88. The number of fused-ring (bicyclic) bond motifs is 1. The summed E-state index contributed by atoms with van der Waals surface area (Å²) >= 11 is 0. The molecule has 0 bridgehead atoms. The van der Waals surface area contributed by atoms with E-state index in [9.17, 15) is 14.4 Å². The molecule has 1 aromatic carbocycles. The Hall–Kier alpha value is -2.23. The van der Waals surface area contributed by atoms with E-state index in [1.54, 1.807) is 12.1 Å². The summed E-state index contributed by atoms with van der Waals surface area (Å²) in [5.41, 5.74) is 0.947. The summed E-state index contributed by atoms with van der Waals surface area (Å²) in [5.74, 6) is 0. The maximum absolute atomic E-state index is 11.5. The van der Waals surface area contributed by atoms with Gasteiger partial charge in [0.05, 0.1) is 5.69 Å². The van der Waals surface area contributed by atoms with Crippen LogP contribution in [-0.2, 0) is 0 Å². The molecule has 0 unspecified atom stereocenters. The number of pyridine rings is 1. The maximum Gasteiger partial charge on any atom is 0.190 e. The second-order valence-corrected chi connectivity index (χ2v) is 3.13. The maximum atomic E-state index is 11.5. The number of hydrogen-bond donors (Lipinski definition) is 1. The third-order valence-electron chi connectivity index (χ3n) is 2.14. The Labute approximate surface area is 84.5 Å². The Morgan fingerprint density at radius 3 is 2.53 bits per heavy atom. The Kier molecular flexibility index (Phi) is 2.17. The molecule has 0 aliphatic carbocycles. The number of aromatic nitrogens is 1. The summed E-state index contributed by atoms with van der Waals surface area (Å²) < 4.78 is 0. The number of aldehydes is 2. The molecule has 1 N–H and O–H groups in total. The molecule has 4 heteroatoms. The lowest BCUT2D eigenvalue weighted by atomic mass is 10.1. The van der Waals surface area contributed by atoms with Gasteiger partial charge < -0.3 is 4.98 Å². The summed E-state index contributed by atoms with van der Waals surface area (Å²) in [6.07, 6.45) is 1.25. The van der Waals surface area contributed by atoms with Crippen molar-refractivity contribution in [3.8, 4) is 0 Å². The second kappa shape index (κ2) is 3.49. The molecular formula is C11H7NO3. The van der Waals surface area contributed by atoms with Crippen molar-refractivity contribution in [3.63, 3.8) is 0 Å². The number of carbonyl (C=O) groups excluding carboxylic acids is 2. The van der Waals surface area contributed by atoms with Crippen molar-refractivity contribution in [1.82, 2.24) is 4.98 Å². The SMILES string of the molecule is O=Cc1ccc2[nH]c(C=O)cc(=O)c2c1. The minimum absolute atomic E-state index is 0.228. The number of carbonyl (C=O) groups is 2. The van der Waals surface area contributed by atoms with E-state index >= 15 is 0 Å². The van der Waals surface area contributed by atoms with Crippen LogP contribution in [0, 0.1) is 0 Å². The Balaban J connectivity index is 2.85. The van der Waals surface area contributed by atoms with Crippen molar-refractivity contribution in [2.45, 2.75) is 0 Å². The van der Waals surface area contributed by atoms with Crippen LogP contribution in [0.25, 0.3) is 10.9 Å². The van der Waals surface area contributed by atoms with Gasteiger partial charge in [0.2, 0.25) is 0 Å². The van der Waals surface area contributed by atoms with E-state index in [1.807, 2.05) is 0 Å². The van der Waals surface area contributed by atoms with Gasteiger partial charge in [0, 0.05) is 22.5 Å². The first kappa shape index (κ1) is 9.33. The summed E-state index contributed by atoms with van der Waals surface area (Å²) in [6, 6.07) is 5.90. The lowest BCUT2D eigenvalue weighted by Gasteiger charge is -1.99. The first-order chi connectivity index (χ1) is 7.24. The van der Waals surface area contributed by atoms with Crippen LogP contribution in [0.5, 0.6) is 0 Å². The molecule has 0 saturated carbocycles. The predicted molar refractivity (Wildman–Crippen MR) is 55.3 cm³/mol. The Bertz CT molecular complexity index is 598. The van der Waals surface area contributed by atoms with Crippen LogP contribution in [0.15, 0.2) is 29.1 Å². The van der Waals surface area contributed by atoms with Crippen LogP contribution in [0.2, 0.25) is 0 Å². The number of H-pyrrole nitrogens is 1. The first-order valence-corrected chi connectivity index (χ1v) is 4.32. The van der Waals surface area contributed by atoms with Gasteiger partial charge in [0.25, 0.3) is 0 Å². The molecule has 15 heavy (non-hydrogen) atoms. The fourth-order valence-electron chi connectivity index (χ4n) is 1.42. The topological polar surface area (TPSA) is 67.0 Å². The molecule has 0 radical (unpaired) electrons. The van der Waals surface area contributed by atoms with E-state index in [4.69, 9.17) is 0 Å². The van der Waals surface area contributed by atoms with Crippen LogP contribution in [-0.4, -0.2) is 17.6 Å². The van der Waals surface area contributed by atoms with Crippen molar-refractivity contribution in [2.75, 3.05) is 0 Å². The third-order valence-corrected chi connectivity index (χ3v) is 2.14. The second-order valence-electron chi connectivity index (χ2n) is 3.13. The molecule has 2 rings (SSSR count). The van der Waals surface area contributed by atoms with E-state index in [0.717, 1.165) is 0 Å². The van der Waals surface area contributed by atoms with E-state index in [2.05, 4.69) is 4.98 Å². The smallest absolute Gasteiger partial charge is 0.190 e. The first-order valence-electron chi connectivity index (χ1n) is 4.32. The van der Waals surface area contributed by atoms with Crippen LogP contribution in [0.1, 0.15) is 20.8 Å². The zero-order valence-corrected chi connectivity index (χ0v) is 7.69. The number of benzene rings is 1. The van der Waals surface area contributed by atoms with Crippen molar-refractivity contribution >= 4 is 23.5 Å². The van der Waals surface area contributed by atoms with Gasteiger partial charge in [-0.3, -0.25) is 14.4 Å². The standard InChI is InChI=1S/C11H7NO3/c13-5-7-1-2-10-9(3-7)11(15)4-8(6-14)12-10/h1-6H,(H,12,15). The van der Waals surface area contributed by atoms with Crippen molar-refractivity contribution in [1.29, 1.82) is 0 Å².